The monoisotopic (exact) mass is 934 g/mol. The maximum absolute atomic E-state index is 2.58. The van der Waals surface area contributed by atoms with Crippen LogP contribution in [0.1, 0.15) is 22.3 Å². The number of benzene rings is 13. The quantitative estimate of drug-likeness (QED) is 0.129. The number of rotatable bonds is 3. The Morgan fingerprint density at radius 1 is 0.284 bits per heavy atom. The van der Waals surface area contributed by atoms with Gasteiger partial charge in [0.25, 0.3) is 6.71 Å². The molecule has 0 saturated carbocycles. The molecule has 0 aromatic heterocycles. The van der Waals surface area contributed by atoms with Crippen LogP contribution >= 0.6 is 0 Å². The Hall–Kier alpha value is -9.44. The molecule has 0 fully saturated rings. The van der Waals surface area contributed by atoms with Gasteiger partial charge in [0.05, 0.1) is 5.41 Å². The summed E-state index contributed by atoms with van der Waals surface area (Å²) in [6.45, 7) is -0.0670. The molecule has 340 valence electrons. The minimum atomic E-state index is -0.458. The number of para-hydroxylation sites is 2. The highest BCUT2D eigenvalue weighted by atomic mass is 15.2. The molecule has 0 N–H and O–H groups in total. The summed E-state index contributed by atoms with van der Waals surface area (Å²) in [5.41, 5.74) is 23.6. The van der Waals surface area contributed by atoms with Crippen molar-refractivity contribution in [1.29, 1.82) is 0 Å². The third-order valence-electron chi connectivity index (χ3n) is 17.2. The average Bonchev–Trinajstić information content (AvgIpc) is 4.09. The molecular weight excluding hydrogens is 892 g/mol. The predicted octanol–water partition coefficient (Wildman–Crippen LogP) is 16.4. The number of hydrogen-bond donors (Lipinski definition) is 0. The number of hydrogen-bond acceptors (Lipinski definition) is 2. The first-order valence-electron chi connectivity index (χ1n) is 25.9. The second-order valence-corrected chi connectivity index (χ2v) is 20.7. The zero-order valence-corrected chi connectivity index (χ0v) is 40.3. The molecular formula is C71H43BN2. The van der Waals surface area contributed by atoms with Crippen molar-refractivity contribution in [2.24, 2.45) is 0 Å². The van der Waals surface area contributed by atoms with Gasteiger partial charge in [0.15, 0.2) is 0 Å². The molecule has 0 atom stereocenters. The number of fused-ring (bicyclic) bond motifs is 20. The van der Waals surface area contributed by atoms with Gasteiger partial charge in [-0.25, -0.2) is 0 Å². The van der Waals surface area contributed by atoms with E-state index in [1.165, 1.54) is 138 Å². The average molecular weight is 935 g/mol. The lowest BCUT2D eigenvalue weighted by molar-refractivity contribution is 0.794. The molecule has 0 amide bonds. The number of anilines is 6. The van der Waals surface area contributed by atoms with E-state index in [-0.39, 0.29) is 6.71 Å². The molecule has 2 aliphatic heterocycles. The molecule has 3 heteroatoms. The Labute approximate surface area is 429 Å². The Morgan fingerprint density at radius 3 is 1.24 bits per heavy atom. The lowest BCUT2D eigenvalue weighted by atomic mass is 9.33. The van der Waals surface area contributed by atoms with E-state index >= 15 is 0 Å². The van der Waals surface area contributed by atoms with Crippen LogP contribution in [0.5, 0.6) is 0 Å². The van der Waals surface area contributed by atoms with Crippen LogP contribution in [-0.4, -0.2) is 6.71 Å². The highest BCUT2D eigenvalue weighted by Gasteiger charge is 2.52. The summed E-state index contributed by atoms with van der Waals surface area (Å²) in [5.74, 6) is 0. The van der Waals surface area contributed by atoms with Crippen molar-refractivity contribution in [2.45, 2.75) is 5.41 Å². The van der Waals surface area contributed by atoms with Gasteiger partial charge < -0.3 is 9.80 Å². The van der Waals surface area contributed by atoms with Crippen LogP contribution in [0.3, 0.4) is 0 Å². The molecule has 13 aromatic carbocycles. The summed E-state index contributed by atoms with van der Waals surface area (Å²) < 4.78 is 0. The third-order valence-corrected chi connectivity index (χ3v) is 17.2. The third kappa shape index (κ3) is 5.20. The molecule has 0 radical (unpaired) electrons. The summed E-state index contributed by atoms with van der Waals surface area (Å²) in [5, 5.41) is 10.0. The van der Waals surface area contributed by atoms with Gasteiger partial charge >= 0.3 is 0 Å². The molecule has 2 aliphatic carbocycles. The second-order valence-electron chi connectivity index (χ2n) is 20.7. The molecule has 4 aliphatic rings. The van der Waals surface area contributed by atoms with Crippen LogP contribution in [0.15, 0.2) is 261 Å². The summed E-state index contributed by atoms with van der Waals surface area (Å²) >= 11 is 0. The molecule has 13 aromatic rings. The van der Waals surface area contributed by atoms with Gasteiger partial charge in [-0.05, 0) is 164 Å². The SMILES string of the molecule is c1ccc(N2c3cc4c(ccc5ccccc54)cc3B3c4cc5ccc6ccccc6c5cc4N(c4ccccc4)c4cc(-c5cccc6c5-c5ccccc5C65c6ccccc6-c6ccccc65)cc2c43)cc1. The van der Waals surface area contributed by atoms with Crippen LogP contribution < -0.4 is 26.2 Å². The highest BCUT2D eigenvalue weighted by Crippen LogP contribution is 2.64. The summed E-state index contributed by atoms with van der Waals surface area (Å²) in [6, 6.07) is 98.9. The summed E-state index contributed by atoms with van der Waals surface area (Å²) in [6.07, 6.45) is 0. The van der Waals surface area contributed by atoms with Crippen LogP contribution in [-0.2, 0) is 5.41 Å². The Kier molecular flexibility index (Phi) is 8.05. The molecule has 0 saturated heterocycles. The Balaban J connectivity index is 1.02. The molecule has 2 nitrogen and oxygen atoms in total. The molecule has 0 bridgehead atoms. The fourth-order valence-electron chi connectivity index (χ4n) is 14.2. The van der Waals surface area contributed by atoms with E-state index in [4.69, 9.17) is 0 Å². The summed E-state index contributed by atoms with van der Waals surface area (Å²) in [4.78, 5) is 5.17. The molecule has 1 spiro atoms. The maximum Gasteiger partial charge on any atom is 0.252 e. The zero-order valence-electron chi connectivity index (χ0n) is 40.3. The van der Waals surface area contributed by atoms with Crippen molar-refractivity contribution in [2.75, 3.05) is 9.80 Å². The van der Waals surface area contributed by atoms with Crippen molar-refractivity contribution < 1.29 is 0 Å². The molecule has 0 unspecified atom stereocenters. The van der Waals surface area contributed by atoms with Crippen LogP contribution in [0.4, 0.5) is 34.1 Å². The lowest BCUT2D eigenvalue weighted by Crippen LogP contribution is -2.61. The first kappa shape index (κ1) is 40.2. The Bertz CT molecular complexity index is 4340. The van der Waals surface area contributed by atoms with Gasteiger partial charge in [0.1, 0.15) is 0 Å². The van der Waals surface area contributed by atoms with E-state index in [1.54, 1.807) is 0 Å². The van der Waals surface area contributed by atoms with Crippen molar-refractivity contribution in [3.63, 3.8) is 0 Å². The van der Waals surface area contributed by atoms with E-state index in [1.807, 2.05) is 0 Å². The topological polar surface area (TPSA) is 6.48 Å². The summed E-state index contributed by atoms with van der Waals surface area (Å²) in [7, 11) is 0. The minimum Gasteiger partial charge on any atom is -0.311 e. The van der Waals surface area contributed by atoms with Gasteiger partial charge in [0.2, 0.25) is 0 Å². The van der Waals surface area contributed by atoms with E-state index in [0.29, 0.717) is 0 Å². The lowest BCUT2D eigenvalue weighted by Gasteiger charge is -2.45. The van der Waals surface area contributed by atoms with Gasteiger partial charge in [-0.1, -0.05) is 212 Å². The first-order valence-corrected chi connectivity index (χ1v) is 25.9. The highest BCUT2D eigenvalue weighted by molar-refractivity contribution is 7.00. The Morgan fingerprint density at radius 2 is 0.703 bits per heavy atom. The van der Waals surface area contributed by atoms with E-state index in [2.05, 4.69) is 271 Å². The minimum absolute atomic E-state index is 0.0670. The van der Waals surface area contributed by atoms with E-state index < -0.39 is 5.41 Å². The predicted molar refractivity (Wildman–Crippen MR) is 312 cm³/mol. The van der Waals surface area contributed by atoms with Gasteiger partial charge in [0, 0.05) is 34.1 Å². The van der Waals surface area contributed by atoms with Crippen molar-refractivity contribution in [3.05, 3.63) is 283 Å². The zero-order chi connectivity index (χ0) is 48.2. The molecule has 17 rings (SSSR count). The largest absolute Gasteiger partial charge is 0.311 e. The van der Waals surface area contributed by atoms with Crippen LogP contribution in [0.25, 0.3) is 76.5 Å². The van der Waals surface area contributed by atoms with Crippen LogP contribution in [0.2, 0.25) is 0 Å². The maximum atomic E-state index is 2.58. The fourth-order valence-corrected chi connectivity index (χ4v) is 14.2. The van der Waals surface area contributed by atoms with Gasteiger partial charge in [-0.3, -0.25) is 0 Å². The van der Waals surface area contributed by atoms with Crippen molar-refractivity contribution in [3.8, 4) is 33.4 Å². The van der Waals surface area contributed by atoms with Gasteiger partial charge in [-0.2, -0.15) is 0 Å². The standard InChI is InChI=1S/C71H43BN2/c1-3-20-49(21-4-1)73-65-42-57-46(36-34-44-18-7-9-24-51(44)57)38-63(65)72-64-39-47-37-35-45-19-8-10-25-52(45)58(47)43-66(64)74(50-22-5-2-6-23-50)68-41-48(40-67(73)70(68)72)53-29-17-33-62-69(53)56-28-13-16-32-61(56)71(62)59-30-14-11-26-54(59)55-27-12-15-31-60(55)71/h1-43H. The number of nitrogens with zero attached hydrogens (tertiary/aromatic N) is 2. The van der Waals surface area contributed by atoms with E-state index in [0.717, 1.165) is 11.4 Å². The van der Waals surface area contributed by atoms with Crippen LogP contribution in [0, 0.1) is 0 Å². The first-order chi connectivity index (χ1) is 36.7. The smallest absolute Gasteiger partial charge is 0.252 e. The molecule has 2 heterocycles. The van der Waals surface area contributed by atoms with Crippen molar-refractivity contribution in [1.82, 2.24) is 0 Å². The fraction of sp³-hybridized carbons (Fsp3) is 0.0141. The second kappa shape index (κ2) is 14.8. The molecule has 74 heavy (non-hydrogen) atoms. The normalized spacial score (nSPS) is 14.0. The van der Waals surface area contributed by atoms with Gasteiger partial charge in [-0.15, -0.1) is 0 Å². The van der Waals surface area contributed by atoms with E-state index in [9.17, 15) is 0 Å². The van der Waals surface area contributed by atoms with Crippen molar-refractivity contribution >= 4 is 100 Å².